The summed E-state index contributed by atoms with van der Waals surface area (Å²) in [5.41, 5.74) is 12.1. The number of methoxy groups -OCH3 is 1. The van der Waals surface area contributed by atoms with Crippen molar-refractivity contribution in [2.75, 3.05) is 7.11 Å². The van der Waals surface area contributed by atoms with E-state index >= 15 is 0 Å². The molecule has 19 heavy (non-hydrogen) atoms. The number of aromatic nitrogens is 1. The maximum Gasteiger partial charge on any atom is 0.143 e. The van der Waals surface area contributed by atoms with Crippen molar-refractivity contribution in [1.29, 1.82) is 0 Å². The van der Waals surface area contributed by atoms with Crippen molar-refractivity contribution in [3.05, 3.63) is 45.5 Å². The van der Waals surface area contributed by atoms with E-state index in [4.69, 9.17) is 14.8 Å². The van der Waals surface area contributed by atoms with Crippen molar-refractivity contribution < 1.29 is 9.26 Å². The maximum absolute atomic E-state index is 8.27. The third kappa shape index (κ3) is 2.69. The van der Waals surface area contributed by atoms with E-state index in [2.05, 4.69) is 15.2 Å². The summed E-state index contributed by atoms with van der Waals surface area (Å²) in [6.07, 6.45) is 0. The minimum absolute atomic E-state index is 0.164. The topological polar surface area (TPSA) is 84.0 Å². The SMILES string of the molecule is COc1cc(C)c(-c2cc(CN=[N+]=[N-])on2)cc1C. The molecule has 0 saturated heterocycles. The van der Waals surface area contributed by atoms with Crippen LogP contribution in [0, 0.1) is 13.8 Å². The summed E-state index contributed by atoms with van der Waals surface area (Å²) in [4.78, 5) is 2.69. The molecule has 0 spiro atoms. The number of ether oxygens (including phenoxy) is 1. The third-order valence-electron chi connectivity index (χ3n) is 2.87. The minimum Gasteiger partial charge on any atom is -0.496 e. The summed E-state index contributed by atoms with van der Waals surface area (Å²) in [5.74, 6) is 1.39. The van der Waals surface area contributed by atoms with Gasteiger partial charge in [0.25, 0.3) is 0 Å². The summed E-state index contributed by atoms with van der Waals surface area (Å²) in [6, 6.07) is 5.75. The highest BCUT2D eigenvalue weighted by Gasteiger charge is 2.11. The van der Waals surface area contributed by atoms with E-state index in [1.165, 1.54) is 0 Å². The van der Waals surface area contributed by atoms with Crippen molar-refractivity contribution >= 4 is 0 Å². The normalized spacial score (nSPS) is 10.1. The number of rotatable bonds is 4. The fourth-order valence-electron chi connectivity index (χ4n) is 1.90. The molecule has 2 rings (SSSR count). The zero-order valence-corrected chi connectivity index (χ0v) is 11.0. The van der Waals surface area contributed by atoms with Crippen molar-refractivity contribution in [3.63, 3.8) is 0 Å². The molecule has 2 aromatic rings. The first kappa shape index (κ1) is 13.0. The smallest absolute Gasteiger partial charge is 0.143 e. The van der Waals surface area contributed by atoms with Gasteiger partial charge in [0.1, 0.15) is 17.2 Å². The van der Waals surface area contributed by atoms with Crippen LogP contribution in [0.3, 0.4) is 0 Å². The summed E-state index contributed by atoms with van der Waals surface area (Å²) >= 11 is 0. The second-order valence-corrected chi connectivity index (χ2v) is 4.20. The molecule has 0 N–H and O–H groups in total. The lowest BCUT2D eigenvalue weighted by Crippen LogP contribution is -1.91. The van der Waals surface area contributed by atoms with Gasteiger partial charge >= 0.3 is 0 Å². The molecule has 0 bridgehead atoms. The predicted molar refractivity (Wildman–Crippen MR) is 70.8 cm³/mol. The van der Waals surface area contributed by atoms with Crippen LogP contribution in [0.15, 0.2) is 27.8 Å². The Hall–Kier alpha value is -2.46. The van der Waals surface area contributed by atoms with Crippen LogP contribution in [0.1, 0.15) is 16.9 Å². The highest BCUT2D eigenvalue weighted by atomic mass is 16.5. The number of hydrogen-bond donors (Lipinski definition) is 0. The van der Waals surface area contributed by atoms with Gasteiger partial charge in [0.05, 0.1) is 13.7 Å². The molecular formula is C13H14N4O2. The van der Waals surface area contributed by atoms with E-state index in [0.717, 1.165) is 28.1 Å². The standard InChI is InChI=1S/C13H14N4O2/c1-8-5-13(18-3)9(2)4-11(8)12-6-10(19-16-12)7-15-17-14/h4-6H,7H2,1-3H3. The lowest BCUT2D eigenvalue weighted by Gasteiger charge is -2.09. The average molecular weight is 258 g/mol. The Labute approximate surface area is 110 Å². The van der Waals surface area contributed by atoms with Crippen LogP contribution in [0.4, 0.5) is 0 Å². The molecule has 98 valence electrons. The number of aryl methyl sites for hydroxylation is 2. The third-order valence-corrected chi connectivity index (χ3v) is 2.87. The van der Waals surface area contributed by atoms with Gasteiger partial charge in [-0.2, -0.15) is 0 Å². The van der Waals surface area contributed by atoms with Crippen LogP contribution < -0.4 is 4.74 Å². The molecule has 1 heterocycles. The Kier molecular flexibility index (Phi) is 3.73. The van der Waals surface area contributed by atoms with Crippen LogP contribution in [-0.4, -0.2) is 12.3 Å². The van der Waals surface area contributed by atoms with Gasteiger partial charge in [-0.1, -0.05) is 10.3 Å². The van der Waals surface area contributed by atoms with Crippen molar-refractivity contribution in [3.8, 4) is 17.0 Å². The molecule has 0 atom stereocenters. The summed E-state index contributed by atoms with van der Waals surface area (Å²) in [7, 11) is 1.65. The van der Waals surface area contributed by atoms with Crippen LogP contribution in [0.2, 0.25) is 0 Å². The van der Waals surface area contributed by atoms with Crippen LogP contribution in [-0.2, 0) is 6.54 Å². The monoisotopic (exact) mass is 258 g/mol. The Balaban J connectivity index is 2.38. The lowest BCUT2D eigenvalue weighted by molar-refractivity contribution is 0.386. The van der Waals surface area contributed by atoms with E-state index in [-0.39, 0.29) is 6.54 Å². The zero-order valence-electron chi connectivity index (χ0n) is 11.0. The van der Waals surface area contributed by atoms with Crippen LogP contribution in [0.5, 0.6) is 5.75 Å². The fraction of sp³-hybridized carbons (Fsp3) is 0.308. The van der Waals surface area contributed by atoms with Gasteiger partial charge in [0, 0.05) is 16.5 Å². The molecule has 6 nitrogen and oxygen atoms in total. The van der Waals surface area contributed by atoms with Crippen molar-refractivity contribution in [1.82, 2.24) is 5.16 Å². The van der Waals surface area contributed by atoms with Crippen LogP contribution >= 0.6 is 0 Å². The van der Waals surface area contributed by atoms with E-state index in [0.29, 0.717) is 5.76 Å². The highest BCUT2D eigenvalue weighted by molar-refractivity contribution is 5.66. The van der Waals surface area contributed by atoms with Gasteiger partial charge < -0.3 is 9.26 Å². The molecule has 0 aliphatic rings. The molecule has 0 amide bonds. The minimum atomic E-state index is 0.164. The molecule has 1 aromatic carbocycles. The van der Waals surface area contributed by atoms with E-state index in [1.54, 1.807) is 13.2 Å². The molecule has 0 radical (unpaired) electrons. The van der Waals surface area contributed by atoms with Crippen molar-refractivity contribution in [2.45, 2.75) is 20.4 Å². The Morgan fingerprint density at radius 2 is 2.11 bits per heavy atom. The number of nitrogens with zero attached hydrogens (tertiary/aromatic N) is 4. The van der Waals surface area contributed by atoms with E-state index < -0.39 is 0 Å². The molecule has 0 unspecified atom stereocenters. The quantitative estimate of drug-likeness (QED) is 0.475. The van der Waals surface area contributed by atoms with Gasteiger partial charge in [-0.05, 0) is 42.6 Å². The van der Waals surface area contributed by atoms with Gasteiger partial charge in [-0.3, -0.25) is 0 Å². The summed E-state index contributed by atoms with van der Waals surface area (Å²) < 4.78 is 10.4. The largest absolute Gasteiger partial charge is 0.496 e. The van der Waals surface area contributed by atoms with Gasteiger partial charge in [0.2, 0.25) is 0 Å². The van der Waals surface area contributed by atoms with Gasteiger partial charge in [-0.15, -0.1) is 0 Å². The second kappa shape index (κ2) is 5.46. The molecule has 6 heteroatoms. The van der Waals surface area contributed by atoms with Gasteiger partial charge in [0.15, 0.2) is 0 Å². The van der Waals surface area contributed by atoms with E-state index in [9.17, 15) is 0 Å². The lowest BCUT2D eigenvalue weighted by atomic mass is 10.0. The number of benzene rings is 1. The number of azide groups is 1. The Morgan fingerprint density at radius 3 is 2.79 bits per heavy atom. The first-order chi connectivity index (χ1) is 9.15. The molecule has 1 aromatic heterocycles. The van der Waals surface area contributed by atoms with Crippen molar-refractivity contribution in [2.24, 2.45) is 5.11 Å². The Bertz CT molecular complexity index is 642. The average Bonchev–Trinajstić information content (AvgIpc) is 2.87. The molecule has 0 aliphatic heterocycles. The predicted octanol–water partition coefficient (Wildman–Crippen LogP) is 3.78. The van der Waals surface area contributed by atoms with Gasteiger partial charge in [-0.25, -0.2) is 0 Å². The molecule has 0 fully saturated rings. The highest BCUT2D eigenvalue weighted by Crippen LogP contribution is 2.29. The fourth-order valence-corrected chi connectivity index (χ4v) is 1.90. The first-order valence-electron chi connectivity index (χ1n) is 5.77. The second-order valence-electron chi connectivity index (χ2n) is 4.20. The van der Waals surface area contributed by atoms with E-state index in [1.807, 2.05) is 26.0 Å². The molecular weight excluding hydrogens is 244 g/mol. The molecule has 0 aliphatic carbocycles. The first-order valence-corrected chi connectivity index (χ1v) is 5.77. The zero-order chi connectivity index (χ0) is 13.8. The maximum atomic E-state index is 8.27. The molecule has 0 saturated carbocycles. The number of hydrogen-bond acceptors (Lipinski definition) is 4. The summed E-state index contributed by atoms with van der Waals surface area (Å²) in [6.45, 7) is 4.12. The summed E-state index contributed by atoms with van der Waals surface area (Å²) in [5, 5.41) is 7.44. The Morgan fingerprint density at radius 1 is 1.32 bits per heavy atom. The van der Waals surface area contributed by atoms with Crippen LogP contribution in [0.25, 0.3) is 21.7 Å².